The van der Waals surface area contributed by atoms with E-state index in [9.17, 15) is 21.6 Å². The number of aryl methyl sites for hydroxylation is 2. The molecular formula is C16H17Cl2F3N2O2S. The van der Waals surface area contributed by atoms with E-state index in [-0.39, 0.29) is 20.6 Å². The summed E-state index contributed by atoms with van der Waals surface area (Å²) in [5, 5.41) is 0.216. The molecule has 0 heterocycles. The molecule has 2 aromatic carbocycles. The number of hydrogen-bond acceptors (Lipinski definition) is 4. The highest BCUT2D eigenvalue weighted by atomic mass is 35.5. The molecule has 0 aliphatic heterocycles. The smallest absolute Gasteiger partial charge is 0.397 e. The molecule has 0 bridgehead atoms. The summed E-state index contributed by atoms with van der Waals surface area (Å²) < 4.78 is 59.2. The fourth-order valence-corrected chi connectivity index (χ4v) is 3.53. The van der Waals surface area contributed by atoms with Gasteiger partial charge in [0.2, 0.25) is 0 Å². The second kappa shape index (κ2) is 7.94. The van der Waals surface area contributed by atoms with Crippen LogP contribution in [0.1, 0.15) is 16.7 Å². The van der Waals surface area contributed by atoms with Gasteiger partial charge in [-0.05, 0) is 49.2 Å². The Morgan fingerprint density at radius 2 is 1.31 bits per heavy atom. The molecule has 4 nitrogen and oxygen atoms in total. The van der Waals surface area contributed by atoms with Crippen LogP contribution in [0, 0.1) is 13.8 Å². The van der Waals surface area contributed by atoms with Gasteiger partial charge in [-0.1, -0.05) is 23.2 Å². The van der Waals surface area contributed by atoms with E-state index in [4.69, 9.17) is 34.7 Å². The van der Waals surface area contributed by atoms with E-state index in [1.165, 1.54) is 19.1 Å². The van der Waals surface area contributed by atoms with Crippen molar-refractivity contribution in [3.05, 3.63) is 51.0 Å². The highest BCUT2D eigenvalue weighted by Gasteiger charge is 2.33. The van der Waals surface area contributed by atoms with Gasteiger partial charge < -0.3 is 11.5 Å². The van der Waals surface area contributed by atoms with Crippen molar-refractivity contribution in [1.82, 2.24) is 0 Å². The van der Waals surface area contributed by atoms with Crippen LogP contribution < -0.4 is 11.5 Å². The van der Waals surface area contributed by atoms with Crippen LogP contribution in [0.5, 0.6) is 0 Å². The summed E-state index contributed by atoms with van der Waals surface area (Å²) in [5.41, 5.74) is 10.8. The predicted molar refractivity (Wildman–Crippen MR) is 99.3 cm³/mol. The number of hydrogen-bond donors (Lipinski definition) is 2. The molecule has 0 amide bonds. The molecule has 0 unspecified atom stereocenters. The number of nitrogens with two attached hydrogens (primary N) is 2. The molecule has 0 spiro atoms. The van der Waals surface area contributed by atoms with Crippen molar-refractivity contribution in [3.63, 3.8) is 0 Å². The number of alkyl halides is 3. The van der Waals surface area contributed by atoms with Gasteiger partial charge in [-0.15, -0.1) is 0 Å². The van der Waals surface area contributed by atoms with Gasteiger partial charge in [-0.3, -0.25) is 0 Å². The van der Waals surface area contributed by atoms with Gasteiger partial charge in [-0.2, -0.15) is 13.2 Å². The van der Waals surface area contributed by atoms with Gasteiger partial charge in [0.15, 0.2) is 9.84 Å². The largest absolute Gasteiger partial charge is 0.418 e. The SMILES string of the molecule is Cc1cc(Cl)c(N)c(C(F)(F)F)c1.Cc1cc(Cl)c(N)c(S(C)(=O)=O)c1. The summed E-state index contributed by atoms with van der Waals surface area (Å²) in [6.45, 7) is 3.29. The van der Waals surface area contributed by atoms with Crippen LogP contribution in [0.3, 0.4) is 0 Å². The van der Waals surface area contributed by atoms with Crippen LogP contribution in [-0.2, 0) is 16.0 Å². The topological polar surface area (TPSA) is 86.2 Å². The monoisotopic (exact) mass is 428 g/mol. The maximum absolute atomic E-state index is 12.3. The lowest BCUT2D eigenvalue weighted by molar-refractivity contribution is -0.136. The van der Waals surface area contributed by atoms with Crippen molar-refractivity contribution < 1.29 is 21.6 Å². The Morgan fingerprint density at radius 3 is 1.73 bits per heavy atom. The van der Waals surface area contributed by atoms with Crippen molar-refractivity contribution >= 4 is 44.4 Å². The third-order valence-corrected chi connectivity index (χ3v) is 4.98. The van der Waals surface area contributed by atoms with Gasteiger partial charge in [0.05, 0.1) is 31.9 Å². The summed E-state index contributed by atoms with van der Waals surface area (Å²) in [5.74, 6) is 0. The lowest BCUT2D eigenvalue weighted by Crippen LogP contribution is -2.09. The normalized spacial score (nSPS) is 11.7. The van der Waals surface area contributed by atoms with Crippen molar-refractivity contribution in [1.29, 1.82) is 0 Å². The minimum absolute atomic E-state index is 0.0627. The number of anilines is 2. The number of sulfone groups is 1. The molecule has 26 heavy (non-hydrogen) atoms. The first-order chi connectivity index (χ1) is 11.6. The van der Waals surface area contributed by atoms with E-state index < -0.39 is 27.3 Å². The van der Waals surface area contributed by atoms with Crippen LogP contribution in [0.2, 0.25) is 10.0 Å². The summed E-state index contributed by atoms with van der Waals surface area (Å²) in [7, 11) is -3.29. The molecule has 0 fully saturated rings. The molecule has 0 saturated heterocycles. The molecule has 2 rings (SSSR count). The first-order valence-corrected chi connectivity index (χ1v) is 9.67. The van der Waals surface area contributed by atoms with Gasteiger partial charge >= 0.3 is 6.18 Å². The number of halogens is 5. The van der Waals surface area contributed by atoms with E-state index in [2.05, 4.69) is 0 Å². The lowest BCUT2D eigenvalue weighted by Gasteiger charge is -2.11. The third kappa shape index (κ3) is 5.69. The average Bonchev–Trinajstić information content (AvgIpc) is 2.45. The van der Waals surface area contributed by atoms with Crippen LogP contribution in [0.25, 0.3) is 0 Å². The fraction of sp³-hybridized carbons (Fsp3) is 0.250. The quantitative estimate of drug-likeness (QED) is 0.633. The van der Waals surface area contributed by atoms with E-state index in [1.807, 2.05) is 0 Å². The highest BCUT2D eigenvalue weighted by molar-refractivity contribution is 7.90. The zero-order valence-electron chi connectivity index (χ0n) is 14.1. The van der Waals surface area contributed by atoms with Crippen LogP contribution in [0.15, 0.2) is 29.2 Å². The predicted octanol–water partition coefficient (Wildman–Crippen LogP) is 4.88. The number of benzene rings is 2. The van der Waals surface area contributed by atoms with Crippen molar-refractivity contribution in [2.24, 2.45) is 0 Å². The van der Waals surface area contributed by atoms with Gasteiger partial charge in [0.25, 0.3) is 0 Å². The molecule has 4 N–H and O–H groups in total. The second-order valence-corrected chi connectivity index (χ2v) is 8.44. The Bertz CT molecular complexity index is 930. The molecule has 0 radical (unpaired) electrons. The molecule has 0 aliphatic rings. The Hall–Kier alpha value is -1.64. The number of rotatable bonds is 1. The standard InChI is InChI=1S/C8H7ClF3N.C8H10ClNO2S/c1-4-2-5(8(10,11)12)7(13)6(9)3-4;1-5-3-6(9)8(10)7(4-5)13(2,11)12/h2-3H,13H2,1H3;3-4H,10H2,1-2H3. The minimum Gasteiger partial charge on any atom is -0.397 e. The molecular weight excluding hydrogens is 412 g/mol. The average molecular weight is 429 g/mol. The third-order valence-electron chi connectivity index (χ3n) is 3.21. The van der Waals surface area contributed by atoms with Crippen LogP contribution >= 0.6 is 23.2 Å². The fourth-order valence-electron chi connectivity index (χ4n) is 2.02. The minimum atomic E-state index is -4.44. The first-order valence-electron chi connectivity index (χ1n) is 7.03. The summed E-state index contributed by atoms with van der Waals surface area (Å²) in [4.78, 5) is 0.0949. The van der Waals surface area contributed by atoms with E-state index in [1.54, 1.807) is 13.0 Å². The Balaban J connectivity index is 0.000000260. The first kappa shape index (κ1) is 22.4. The zero-order chi connectivity index (χ0) is 20.4. The van der Waals surface area contributed by atoms with Gasteiger partial charge in [0, 0.05) is 6.26 Å². The Labute approximate surface area is 159 Å². The molecule has 0 aromatic heterocycles. The summed E-state index contributed by atoms with van der Waals surface area (Å²) in [6, 6.07) is 5.51. The van der Waals surface area contributed by atoms with Gasteiger partial charge in [0.1, 0.15) is 0 Å². The van der Waals surface area contributed by atoms with E-state index >= 15 is 0 Å². The van der Waals surface area contributed by atoms with E-state index in [0.29, 0.717) is 5.56 Å². The summed E-state index contributed by atoms with van der Waals surface area (Å²) in [6.07, 6.45) is -3.34. The van der Waals surface area contributed by atoms with Crippen LogP contribution in [-0.4, -0.2) is 14.7 Å². The highest BCUT2D eigenvalue weighted by Crippen LogP contribution is 2.37. The van der Waals surface area contributed by atoms with E-state index in [0.717, 1.165) is 17.9 Å². The second-order valence-electron chi connectivity index (χ2n) is 5.64. The molecule has 0 atom stereocenters. The molecule has 0 saturated carbocycles. The molecule has 10 heteroatoms. The van der Waals surface area contributed by atoms with Crippen molar-refractivity contribution in [3.8, 4) is 0 Å². The zero-order valence-corrected chi connectivity index (χ0v) is 16.4. The number of nitrogen functional groups attached to an aromatic ring is 2. The lowest BCUT2D eigenvalue weighted by atomic mass is 10.1. The van der Waals surface area contributed by atoms with Gasteiger partial charge in [-0.25, -0.2) is 8.42 Å². The maximum Gasteiger partial charge on any atom is 0.418 e. The molecule has 144 valence electrons. The Kier molecular flexibility index (Phi) is 6.84. The summed E-state index contributed by atoms with van der Waals surface area (Å²) >= 11 is 11.2. The molecule has 0 aliphatic carbocycles. The van der Waals surface area contributed by atoms with Crippen LogP contribution in [0.4, 0.5) is 24.5 Å². The van der Waals surface area contributed by atoms with Crippen molar-refractivity contribution in [2.75, 3.05) is 17.7 Å². The molecule has 2 aromatic rings. The van der Waals surface area contributed by atoms with Crippen molar-refractivity contribution in [2.45, 2.75) is 24.9 Å². The Morgan fingerprint density at radius 1 is 0.885 bits per heavy atom. The maximum atomic E-state index is 12.3.